The fraction of sp³-hybridized carbons (Fsp3) is 0.800. The van der Waals surface area contributed by atoms with Gasteiger partial charge < -0.3 is 15.3 Å². The molecule has 2 N–H and O–H groups in total. The normalized spacial score (nSPS) is 12.8. The molecule has 0 bridgehead atoms. The van der Waals surface area contributed by atoms with Crippen LogP contribution in [-0.4, -0.2) is 39.6 Å². The van der Waals surface area contributed by atoms with E-state index < -0.39 is 0 Å². The Kier molecular flexibility index (Phi) is 4.87. The van der Waals surface area contributed by atoms with Gasteiger partial charge in [-0.1, -0.05) is 0 Å². The molecule has 0 saturated heterocycles. The lowest BCUT2D eigenvalue weighted by Crippen LogP contribution is -2.46. The Morgan fingerprint density at radius 1 is 1.25 bits per heavy atom. The highest BCUT2D eigenvalue weighted by Crippen LogP contribution is 2.28. The Morgan fingerprint density at radius 2 is 1.80 bits per heavy atom. The van der Waals surface area contributed by atoms with Gasteiger partial charge in [0, 0.05) is 31.7 Å². The molecule has 1 heterocycles. The van der Waals surface area contributed by atoms with E-state index in [-0.39, 0.29) is 17.7 Å². The van der Waals surface area contributed by atoms with Crippen molar-refractivity contribution in [3.8, 4) is 0 Å². The molecule has 1 aromatic heterocycles. The molecule has 5 nitrogen and oxygen atoms in total. The SMILES string of the molecule is Cc1nn(C)c(N(C)C(C)(C)CO)c1CNC(C)(C)C. The molecule has 0 fully saturated rings. The fourth-order valence-electron chi connectivity index (χ4n) is 2.06. The van der Waals surface area contributed by atoms with E-state index in [4.69, 9.17) is 0 Å². The van der Waals surface area contributed by atoms with E-state index in [2.05, 4.69) is 36.1 Å². The Morgan fingerprint density at radius 3 is 2.25 bits per heavy atom. The summed E-state index contributed by atoms with van der Waals surface area (Å²) >= 11 is 0. The van der Waals surface area contributed by atoms with Crippen molar-refractivity contribution in [1.82, 2.24) is 15.1 Å². The highest BCUT2D eigenvalue weighted by molar-refractivity contribution is 5.51. The molecular weight excluding hydrogens is 252 g/mol. The van der Waals surface area contributed by atoms with Crippen molar-refractivity contribution < 1.29 is 5.11 Å². The molecule has 5 heteroatoms. The summed E-state index contributed by atoms with van der Waals surface area (Å²) in [6.45, 7) is 13.4. The second-order valence-electron chi connectivity index (χ2n) is 7.14. The van der Waals surface area contributed by atoms with Crippen molar-refractivity contribution in [1.29, 1.82) is 0 Å². The molecule has 1 rings (SSSR count). The summed E-state index contributed by atoms with van der Waals surface area (Å²) in [6, 6.07) is 0. The van der Waals surface area contributed by atoms with Gasteiger partial charge in [0.25, 0.3) is 0 Å². The van der Waals surface area contributed by atoms with Crippen LogP contribution >= 0.6 is 0 Å². The largest absolute Gasteiger partial charge is 0.394 e. The van der Waals surface area contributed by atoms with Crippen molar-refractivity contribution in [3.05, 3.63) is 11.3 Å². The van der Waals surface area contributed by atoms with Gasteiger partial charge in [-0.3, -0.25) is 4.68 Å². The lowest BCUT2D eigenvalue weighted by Gasteiger charge is -2.36. The van der Waals surface area contributed by atoms with E-state index in [0.29, 0.717) is 0 Å². The van der Waals surface area contributed by atoms with E-state index in [0.717, 1.165) is 18.1 Å². The van der Waals surface area contributed by atoms with Crippen LogP contribution < -0.4 is 10.2 Å². The second kappa shape index (κ2) is 5.74. The highest BCUT2D eigenvalue weighted by atomic mass is 16.3. The quantitative estimate of drug-likeness (QED) is 0.865. The third-order valence-electron chi connectivity index (χ3n) is 3.72. The molecule has 0 atom stereocenters. The first-order chi connectivity index (χ1) is 8.99. The number of likely N-dealkylation sites (N-methyl/N-ethyl adjacent to an activating group) is 1. The molecule has 0 aromatic carbocycles. The number of hydrogen-bond donors (Lipinski definition) is 2. The van der Waals surface area contributed by atoms with Crippen molar-refractivity contribution in [2.45, 2.75) is 59.2 Å². The smallest absolute Gasteiger partial charge is 0.131 e. The standard InChI is InChI=1S/C15H30N4O/c1-11-12(9-16-14(2,3)4)13(19(8)17-11)18(7)15(5,6)10-20/h16,20H,9-10H2,1-8H3. The van der Waals surface area contributed by atoms with Crippen LogP contribution in [0.1, 0.15) is 45.9 Å². The lowest BCUT2D eigenvalue weighted by atomic mass is 10.0. The van der Waals surface area contributed by atoms with Crippen molar-refractivity contribution in [2.75, 3.05) is 18.6 Å². The zero-order valence-electron chi connectivity index (χ0n) is 14.2. The third-order valence-corrected chi connectivity index (χ3v) is 3.72. The van der Waals surface area contributed by atoms with Crippen LogP contribution in [0.2, 0.25) is 0 Å². The van der Waals surface area contributed by atoms with Crippen molar-refractivity contribution >= 4 is 5.82 Å². The van der Waals surface area contributed by atoms with E-state index in [1.54, 1.807) is 0 Å². The fourth-order valence-corrected chi connectivity index (χ4v) is 2.06. The van der Waals surface area contributed by atoms with Gasteiger partial charge in [0.15, 0.2) is 0 Å². The number of hydrogen-bond acceptors (Lipinski definition) is 4. The number of nitrogens with one attached hydrogen (secondary N) is 1. The third kappa shape index (κ3) is 3.73. The van der Waals surface area contributed by atoms with Crippen molar-refractivity contribution in [3.63, 3.8) is 0 Å². The molecule has 0 saturated carbocycles. The highest BCUT2D eigenvalue weighted by Gasteiger charge is 2.28. The molecule has 20 heavy (non-hydrogen) atoms. The van der Waals surface area contributed by atoms with Crippen LogP contribution in [0.15, 0.2) is 0 Å². The number of aryl methyl sites for hydroxylation is 2. The van der Waals surface area contributed by atoms with E-state index >= 15 is 0 Å². The van der Waals surface area contributed by atoms with Gasteiger partial charge in [-0.25, -0.2) is 0 Å². The molecule has 0 spiro atoms. The van der Waals surface area contributed by atoms with Gasteiger partial charge in [0.1, 0.15) is 5.82 Å². The zero-order valence-corrected chi connectivity index (χ0v) is 14.2. The number of nitrogens with zero attached hydrogens (tertiary/aromatic N) is 3. The summed E-state index contributed by atoms with van der Waals surface area (Å²) in [5.41, 5.74) is 1.95. The van der Waals surface area contributed by atoms with Crippen LogP contribution in [0.5, 0.6) is 0 Å². The summed E-state index contributed by atoms with van der Waals surface area (Å²) in [5.74, 6) is 1.05. The van der Waals surface area contributed by atoms with Gasteiger partial charge in [-0.2, -0.15) is 5.10 Å². The summed E-state index contributed by atoms with van der Waals surface area (Å²) in [6.07, 6.45) is 0. The first kappa shape index (κ1) is 17.0. The number of rotatable bonds is 5. The average molecular weight is 282 g/mol. The predicted octanol–water partition coefficient (Wildman–Crippen LogP) is 1.82. The molecule has 0 radical (unpaired) electrons. The van der Waals surface area contributed by atoms with Crippen LogP contribution in [0.25, 0.3) is 0 Å². The van der Waals surface area contributed by atoms with Gasteiger partial charge >= 0.3 is 0 Å². The number of aromatic nitrogens is 2. The van der Waals surface area contributed by atoms with Crippen LogP contribution in [0, 0.1) is 6.92 Å². The second-order valence-corrected chi connectivity index (χ2v) is 7.14. The lowest BCUT2D eigenvalue weighted by molar-refractivity contribution is 0.215. The van der Waals surface area contributed by atoms with Gasteiger partial charge in [-0.15, -0.1) is 0 Å². The molecule has 0 unspecified atom stereocenters. The minimum absolute atomic E-state index is 0.0601. The summed E-state index contributed by atoms with van der Waals surface area (Å²) in [7, 11) is 3.96. The Labute approximate surface area is 123 Å². The average Bonchev–Trinajstić information content (AvgIpc) is 2.59. The van der Waals surface area contributed by atoms with E-state index in [1.807, 2.05) is 39.5 Å². The molecule has 1 aromatic rings. The van der Waals surface area contributed by atoms with Gasteiger partial charge in [-0.05, 0) is 41.5 Å². The Bertz CT molecular complexity index is 457. The van der Waals surface area contributed by atoms with E-state index in [9.17, 15) is 5.11 Å². The van der Waals surface area contributed by atoms with Crippen LogP contribution in [-0.2, 0) is 13.6 Å². The molecule has 0 aliphatic carbocycles. The number of aliphatic hydroxyl groups excluding tert-OH is 1. The minimum atomic E-state index is -0.323. The number of anilines is 1. The number of aliphatic hydroxyl groups is 1. The minimum Gasteiger partial charge on any atom is -0.394 e. The first-order valence-corrected chi connectivity index (χ1v) is 7.12. The maximum Gasteiger partial charge on any atom is 0.131 e. The molecule has 116 valence electrons. The maximum atomic E-state index is 9.59. The van der Waals surface area contributed by atoms with Crippen molar-refractivity contribution in [2.24, 2.45) is 7.05 Å². The first-order valence-electron chi connectivity index (χ1n) is 7.12. The van der Waals surface area contributed by atoms with Gasteiger partial charge in [0.2, 0.25) is 0 Å². The molecule has 0 aliphatic heterocycles. The monoisotopic (exact) mass is 282 g/mol. The summed E-state index contributed by atoms with van der Waals surface area (Å²) in [5, 5.41) is 17.6. The summed E-state index contributed by atoms with van der Waals surface area (Å²) in [4.78, 5) is 2.10. The van der Waals surface area contributed by atoms with Crippen LogP contribution in [0.3, 0.4) is 0 Å². The molecular formula is C15H30N4O. The van der Waals surface area contributed by atoms with Gasteiger partial charge in [0.05, 0.1) is 17.8 Å². The predicted molar refractivity (Wildman–Crippen MR) is 84.1 cm³/mol. The topological polar surface area (TPSA) is 53.3 Å². The van der Waals surface area contributed by atoms with Crippen LogP contribution in [0.4, 0.5) is 5.82 Å². The zero-order chi connectivity index (χ0) is 15.7. The van der Waals surface area contributed by atoms with E-state index in [1.165, 1.54) is 5.56 Å². The Hall–Kier alpha value is -1.07. The maximum absolute atomic E-state index is 9.59. The Balaban J connectivity index is 3.13. The molecule has 0 amide bonds. The summed E-state index contributed by atoms with van der Waals surface area (Å²) < 4.78 is 1.90. The molecule has 0 aliphatic rings.